The van der Waals surface area contributed by atoms with E-state index in [1.165, 1.54) is 21.7 Å². The Labute approximate surface area is 198 Å². The summed E-state index contributed by atoms with van der Waals surface area (Å²) in [7, 11) is 0. The van der Waals surface area contributed by atoms with Crippen LogP contribution in [-0.4, -0.2) is 48.8 Å². The van der Waals surface area contributed by atoms with Gasteiger partial charge in [0.05, 0.1) is 22.5 Å². The summed E-state index contributed by atoms with van der Waals surface area (Å²) in [4.78, 5) is 31.6. The van der Waals surface area contributed by atoms with Gasteiger partial charge >= 0.3 is 6.18 Å². The maximum atomic E-state index is 12.9. The second-order valence-electron chi connectivity index (χ2n) is 8.02. The molecule has 1 aliphatic rings. The van der Waals surface area contributed by atoms with Crippen LogP contribution in [0, 0.1) is 0 Å². The number of piperidine rings is 1. The Morgan fingerprint density at radius 2 is 1.94 bits per heavy atom. The molecular weight excluding hydrogens is 493 g/mol. The van der Waals surface area contributed by atoms with Gasteiger partial charge < -0.3 is 24.3 Å². The summed E-state index contributed by atoms with van der Waals surface area (Å²) < 4.78 is 45.6. The standard InChI is InChI=1S/C21H16ClF3N6O4/c22-14-7-11(21(23,24)25)1-2-12(14)17-28-19(35-29-17)13-9-26-31-15(8-16(32)27-18(13)31)10-3-5-30(6-4-10)20(33)34/h1-2,7-10H,3-6H2,(H,27,32)(H,33,34)/p-1. The van der Waals surface area contributed by atoms with Crippen molar-refractivity contribution in [3.8, 4) is 22.8 Å². The lowest BCUT2D eigenvalue weighted by molar-refractivity contribution is -0.266. The maximum absolute atomic E-state index is 12.9. The van der Waals surface area contributed by atoms with Crippen molar-refractivity contribution < 1.29 is 27.6 Å². The fourth-order valence-electron chi connectivity index (χ4n) is 4.13. The largest absolute Gasteiger partial charge is 0.530 e. The molecular formula is C21H15ClF3N6O4-. The van der Waals surface area contributed by atoms with Gasteiger partial charge in [0.2, 0.25) is 5.82 Å². The van der Waals surface area contributed by atoms with E-state index in [-0.39, 0.29) is 47.0 Å². The zero-order valence-electron chi connectivity index (χ0n) is 17.7. The van der Waals surface area contributed by atoms with Crippen molar-refractivity contribution in [1.29, 1.82) is 0 Å². The minimum atomic E-state index is -4.55. The number of carboxylic acid groups (broad SMARTS) is 1. The van der Waals surface area contributed by atoms with Crippen LogP contribution in [0.25, 0.3) is 28.5 Å². The first-order valence-corrected chi connectivity index (χ1v) is 10.8. The van der Waals surface area contributed by atoms with Crippen LogP contribution >= 0.6 is 11.6 Å². The summed E-state index contributed by atoms with van der Waals surface area (Å²) in [5, 5.41) is 19.0. The summed E-state index contributed by atoms with van der Waals surface area (Å²) in [6.45, 7) is 0.548. The number of amides is 1. The molecule has 182 valence electrons. The Hall–Kier alpha value is -3.87. The molecule has 4 heterocycles. The van der Waals surface area contributed by atoms with E-state index in [0.29, 0.717) is 24.1 Å². The van der Waals surface area contributed by atoms with Crippen LogP contribution in [0.4, 0.5) is 18.0 Å². The molecule has 1 amide bonds. The lowest BCUT2D eigenvalue weighted by atomic mass is 9.93. The first-order valence-electron chi connectivity index (χ1n) is 10.4. The van der Waals surface area contributed by atoms with E-state index in [2.05, 4.69) is 20.2 Å². The number of likely N-dealkylation sites (tertiary alicyclic amines) is 1. The monoisotopic (exact) mass is 507 g/mol. The molecule has 4 aromatic rings. The number of carbonyl (C=O) groups is 1. The number of aromatic amines is 1. The first kappa shape index (κ1) is 22.9. The molecule has 35 heavy (non-hydrogen) atoms. The number of nitrogens with zero attached hydrogens (tertiary/aromatic N) is 5. The van der Waals surface area contributed by atoms with Crippen molar-refractivity contribution in [3.63, 3.8) is 0 Å². The van der Waals surface area contributed by atoms with Crippen LogP contribution in [0.1, 0.15) is 30.0 Å². The van der Waals surface area contributed by atoms with Crippen molar-refractivity contribution in [2.75, 3.05) is 13.1 Å². The van der Waals surface area contributed by atoms with Crippen LogP contribution in [0.15, 0.2) is 39.8 Å². The molecule has 1 saturated heterocycles. The summed E-state index contributed by atoms with van der Waals surface area (Å²) in [5.74, 6) is -0.177. The second-order valence-corrected chi connectivity index (χ2v) is 8.43. The average Bonchev–Trinajstić information content (AvgIpc) is 3.45. The topological polar surface area (TPSA) is 132 Å². The third-order valence-electron chi connectivity index (χ3n) is 5.90. The molecule has 0 bridgehead atoms. The molecule has 1 aromatic carbocycles. The highest BCUT2D eigenvalue weighted by Gasteiger charge is 2.31. The molecule has 3 aromatic heterocycles. The predicted molar refractivity (Wildman–Crippen MR) is 113 cm³/mol. The highest BCUT2D eigenvalue weighted by Crippen LogP contribution is 2.36. The molecule has 1 aliphatic heterocycles. The van der Waals surface area contributed by atoms with Crippen LogP contribution < -0.4 is 10.7 Å². The average molecular weight is 508 g/mol. The molecule has 1 fully saturated rings. The Morgan fingerprint density at radius 3 is 2.60 bits per heavy atom. The van der Waals surface area contributed by atoms with Gasteiger partial charge in [0, 0.05) is 30.6 Å². The molecule has 0 spiro atoms. The predicted octanol–water partition coefficient (Wildman–Crippen LogP) is 2.93. The minimum absolute atomic E-state index is 0.0227. The lowest BCUT2D eigenvalue weighted by Gasteiger charge is -2.33. The molecule has 0 radical (unpaired) electrons. The quantitative estimate of drug-likeness (QED) is 0.451. The fraction of sp³-hybridized carbons (Fsp3) is 0.286. The summed E-state index contributed by atoms with van der Waals surface area (Å²) >= 11 is 6.03. The number of aromatic nitrogens is 5. The number of benzene rings is 1. The van der Waals surface area contributed by atoms with E-state index in [1.807, 2.05) is 0 Å². The van der Waals surface area contributed by atoms with E-state index in [0.717, 1.165) is 18.2 Å². The molecule has 0 atom stereocenters. The number of fused-ring (bicyclic) bond motifs is 1. The van der Waals surface area contributed by atoms with Gasteiger partial charge in [-0.15, -0.1) is 0 Å². The number of H-pyrrole nitrogens is 1. The van der Waals surface area contributed by atoms with E-state index in [9.17, 15) is 27.9 Å². The van der Waals surface area contributed by atoms with Crippen molar-refractivity contribution in [2.24, 2.45) is 0 Å². The van der Waals surface area contributed by atoms with Crippen LogP contribution in [-0.2, 0) is 6.18 Å². The highest BCUT2D eigenvalue weighted by molar-refractivity contribution is 6.33. The molecule has 5 rings (SSSR count). The zero-order chi connectivity index (χ0) is 24.9. The number of alkyl halides is 3. The Balaban J connectivity index is 1.49. The Kier molecular flexibility index (Phi) is 5.50. The molecule has 0 unspecified atom stereocenters. The number of nitrogens with one attached hydrogen (secondary N) is 1. The van der Waals surface area contributed by atoms with Gasteiger partial charge in [-0.2, -0.15) is 23.3 Å². The van der Waals surface area contributed by atoms with Gasteiger partial charge in [-0.05, 0) is 31.0 Å². The van der Waals surface area contributed by atoms with Gasteiger partial charge in [0.1, 0.15) is 17.3 Å². The third kappa shape index (κ3) is 4.22. The van der Waals surface area contributed by atoms with Gasteiger partial charge in [-0.25, -0.2) is 4.52 Å². The van der Waals surface area contributed by atoms with Gasteiger partial charge in [0.15, 0.2) is 0 Å². The SMILES string of the molecule is O=C([O-])N1CCC(c2cc(=O)[nH]c3c(-c4nc(-c5ccc(C(F)(F)F)cc5Cl)no4)cnn23)CC1. The fourth-order valence-corrected chi connectivity index (χ4v) is 4.40. The third-order valence-corrected chi connectivity index (χ3v) is 6.21. The summed E-state index contributed by atoms with van der Waals surface area (Å²) in [6, 6.07) is 4.19. The Morgan fingerprint density at radius 1 is 1.20 bits per heavy atom. The lowest BCUT2D eigenvalue weighted by Crippen LogP contribution is -2.45. The van der Waals surface area contributed by atoms with Crippen LogP contribution in [0.3, 0.4) is 0 Å². The van der Waals surface area contributed by atoms with E-state index >= 15 is 0 Å². The summed E-state index contributed by atoms with van der Waals surface area (Å²) in [5.41, 5.74) is 0.00948. The van der Waals surface area contributed by atoms with E-state index in [1.54, 1.807) is 0 Å². The van der Waals surface area contributed by atoms with Gasteiger partial charge in [-0.1, -0.05) is 16.8 Å². The van der Waals surface area contributed by atoms with Crippen LogP contribution in [0.5, 0.6) is 0 Å². The highest BCUT2D eigenvalue weighted by atomic mass is 35.5. The first-order chi connectivity index (χ1) is 16.6. The maximum Gasteiger partial charge on any atom is 0.416 e. The van der Waals surface area contributed by atoms with Crippen molar-refractivity contribution in [1.82, 2.24) is 29.6 Å². The molecule has 14 heteroatoms. The molecule has 1 N–H and O–H groups in total. The van der Waals surface area contributed by atoms with Crippen molar-refractivity contribution in [3.05, 3.63) is 57.1 Å². The molecule has 0 aliphatic carbocycles. The van der Waals surface area contributed by atoms with Gasteiger partial charge in [0.25, 0.3) is 11.4 Å². The summed E-state index contributed by atoms with van der Waals surface area (Å²) in [6.07, 6.45) is -3.40. The minimum Gasteiger partial charge on any atom is -0.530 e. The Bertz CT molecular complexity index is 1490. The number of halogens is 4. The van der Waals surface area contributed by atoms with Crippen molar-refractivity contribution >= 4 is 23.3 Å². The van der Waals surface area contributed by atoms with E-state index < -0.39 is 23.4 Å². The number of hydrogen-bond acceptors (Lipinski definition) is 7. The molecule has 0 saturated carbocycles. The van der Waals surface area contributed by atoms with E-state index in [4.69, 9.17) is 16.1 Å². The number of rotatable bonds is 3. The number of hydrogen-bond donors (Lipinski definition) is 1. The second kappa shape index (κ2) is 8.41. The zero-order valence-corrected chi connectivity index (χ0v) is 18.4. The molecule has 10 nitrogen and oxygen atoms in total. The van der Waals surface area contributed by atoms with Crippen LogP contribution in [0.2, 0.25) is 5.02 Å². The smallest absolute Gasteiger partial charge is 0.416 e. The van der Waals surface area contributed by atoms with Crippen molar-refractivity contribution in [2.45, 2.75) is 24.9 Å². The van der Waals surface area contributed by atoms with Gasteiger partial charge in [-0.3, -0.25) is 4.79 Å². The number of carbonyl (C=O) groups excluding carboxylic acids is 1. The normalized spacial score (nSPS) is 15.1.